The number of carbonyl (C=O) groups is 2. The summed E-state index contributed by atoms with van der Waals surface area (Å²) in [7, 11) is 0. The van der Waals surface area contributed by atoms with Crippen molar-refractivity contribution in [2.45, 2.75) is 38.5 Å². The maximum atomic E-state index is 11.4. The SMILES string of the molecule is CC(=O)[C@@H]1CC[C@@H](NOCc2ccccc2)CN1C=O. The maximum Gasteiger partial charge on any atom is 0.210 e. The molecule has 0 radical (unpaired) electrons. The number of piperidine rings is 1. The van der Waals surface area contributed by atoms with E-state index >= 15 is 0 Å². The fraction of sp³-hybridized carbons (Fsp3) is 0.467. The summed E-state index contributed by atoms with van der Waals surface area (Å²) in [5.41, 5.74) is 4.07. The summed E-state index contributed by atoms with van der Waals surface area (Å²) >= 11 is 0. The van der Waals surface area contributed by atoms with Crippen LogP contribution in [0, 0.1) is 0 Å². The highest BCUT2D eigenvalue weighted by Crippen LogP contribution is 2.17. The Morgan fingerprint density at radius 3 is 2.80 bits per heavy atom. The molecule has 1 saturated heterocycles. The fourth-order valence-electron chi connectivity index (χ4n) is 2.46. The average Bonchev–Trinajstić information content (AvgIpc) is 2.48. The second kappa shape index (κ2) is 7.17. The molecule has 1 aromatic carbocycles. The van der Waals surface area contributed by atoms with Gasteiger partial charge in [-0.15, -0.1) is 0 Å². The summed E-state index contributed by atoms with van der Waals surface area (Å²) in [4.78, 5) is 29.5. The molecule has 1 aliphatic heterocycles. The van der Waals surface area contributed by atoms with E-state index in [-0.39, 0.29) is 17.9 Å². The number of hydroxylamine groups is 1. The van der Waals surface area contributed by atoms with Crippen molar-refractivity contribution in [3.63, 3.8) is 0 Å². The topological polar surface area (TPSA) is 58.6 Å². The smallest absolute Gasteiger partial charge is 0.210 e. The van der Waals surface area contributed by atoms with Crippen LogP contribution in [0.3, 0.4) is 0 Å². The number of rotatable bonds is 6. The first-order chi connectivity index (χ1) is 9.70. The van der Waals surface area contributed by atoms with Gasteiger partial charge in [-0.05, 0) is 25.3 Å². The maximum absolute atomic E-state index is 11.4. The van der Waals surface area contributed by atoms with Crippen molar-refractivity contribution in [3.8, 4) is 0 Å². The lowest BCUT2D eigenvalue weighted by Gasteiger charge is -2.35. The summed E-state index contributed by atoms with van der Waals surface area (Å²) < 4.78 is 0. The number of hydrogen-bond donors (Lipinski definition) is 1. The molecule has 0 aromatic heterocycles. The summed E-state index contributed by atoms with van der Waals surface area (Å²) in [5.74, 6) is 0.0424. The third-order valence-electron chi connectivity index (χ3n) is 3.56. The van der Waals surface area contributed by atoms with Crippen LogP contribution in [0.1, 0.15) is 25.3 Å². The van der Waals surface area contributed by atoms with Crippen LogP contribution in [0.4, 0.5) is 0 Å². The first kappa shape index (κ1) is 14.7. The molecular weight excluding hydrogens is 256 g/mol. The second-order valence-electron chi connectivity index (χ2n) is 5.10. The number of nitrogens with zero attached hydrogens (tertiary/aromatic N) is 1. The molecule has 1 N–H and O–H groups in total. The van der Waals surface area contributed by atoms with Crippen LogP contribution in [0.2, 0.25) is 0 Å². The second-order valence-corrected chi connectivity index (χ2v) is 5.10. The van der Waals surface area contributed by atoms with Crippen molar-refractivity contribution in [3.05, 3.63) is 35.9 Å². The predicted octanol–water partition coefficient (Wildman–Crippen LogP) is 1.29. The first-order valence-corrected chi connectivity index (χ1v) is 6.83. The van der Waals surface area contributed by atoms with E-state index < -0.39 is 0 Å². The van der Waals surface area contributed by atoms with Crippen LogP contribution < -0.4 is 5.48 Å². The molecule has 0 unspecified atom stereocenters. The van der Waals surface area contributed by atoms with E-state index in [4.69, 9.17) is 4.84 Å². The molecule has 5 nitrogen and oxygen atoms in total. The van der Waals surface area contributed by atoms with Gasteiger partial charge in [0, 0.05) is 12.6 Å². The molecule has 108 valence electrons. The van der Waals surface area contributed by atoms with Gasteiger partial charge in [0.15, 0.2) is 5.78 Å². The number of amides is 1. The van der Waals surface area contributed by atoms with E-state index in [0.29, 0.717) is 19.6 Å². The quantitative estimate of drug-likeness (QED) is 0.628. The molecule has 5 heteroatoms. The van der Waals surface area contributed by atoms with Crippen molar-refractivity contribution in [2.24, 2.45) is 0 Å². The van der Waals surface area contributed by atoms with Crippen LogP contribution in [0.15, 0.2) is 30.3 Å². The van der Waals surface area contributed by atoms with Gasteiger partial charge >= 0.3 is 0 Å². The van der Waals surface area contributed by atoms with E-state index in [2.05, 4.69) is 5.48 Å². The van der Waals surface area contributed by atoms with Crippen molar-refractivity contribution < 1.29 is 14.4 Å². The van der Waals surface area contributed by atoms with E-state index in [9.17, 15) is 9.59 Å². The molecule has 0 saturated carbocycles. The molecule has 2 rings (SSSR count). The van der Waals surface area contributed by atoms with E-state index in [1.165, 1.54) is 6.92 Å². The first-order valence-electron chi connectivity index (χ1n) is 6.83. The van der Waals surface area contributed by atoms with E-state index in [0.717, 1.165) is 18.4 Å². The largest absolute Gasteiger partial charge is 0.334 e. The number of nitrogens with one attached hydrogen (secondary N) is 1. The standard InChI is InChI=1S/C15H20N2O3/c1-12(19)15-8-7-14(9-17(15)11-18)16-20-10-13-5-3-2-4-6-13/h2-6,11,14-16H,7-10H2,1H3/t14-,15+/m1/s1. The number of Topliss-reactive ketones (excluding diaryl/α,β-unsaturated/α-hetero) is 1. The number of likely N-dealkylation sites (tertiary alicyclic amines) is 1. The highest BCUT2D eigenvalue weighted by Gasteiger charge is 2.30. The Hall–Kier alpha value is -1.72. The molecule has 1 amide bonds. The third-order valence-corrected chi connectivity index (χ3v) is 3.56. The highest BCUT2D eigenvalue weighted by molar-refractivity contribution is 5.83. The molecule has 1 aromatic rings. The Labute approximate surface area is 118 Å². The van der Waals surface area contributed by atoms with Gasteiger partial charge in [-0.2, -0.15) is 5.48 Å². The Balaban J connectivity index is 1.77. The summed E-state index contributed by atoms with van der Waals surface area (Å²) in [6.07, 6.45) is 2.25. The number of carbonyl (C=O) groups excluding carboxylic acids is 2. The third kappa shape index (κ3) is 3.88. The van der Waals surface area contributed by atoms with Crippen LogP contribution in [-0.2, 0) is 21.0 Å². The van der Waals surface area contributed by atoms with Gasteiger partial charge < -0.3 is 4.90 Å². The zero-order chi connectivity index (χ0) is 14.4. The Morgan fingerprint density at radius 2 is 2.15 bits per heavy atom. The molecule has 0 aliphatic carbocycles. The summed E-state index contributed by atoms with van der Waals surface area (Å²) in [6, 6.07) is 9.66. The minimum Gasteiger partial charge on any atom is -0.334 e. The van der Waals surface area contributed by atoms with Crippen LogP contribution in [0.5, 0.6) is 0 Å². The highest BCUT2D eigenvalue weighted by atomic mass is 16.6. The Morgan fingerprint density at radius 1 is 1.40 bits per heavy atom. The molecule has 1 heterocycles. The van der Waals surface area contributed by atoms with Gasteiger partial charge in [-0.1, -0.05) is 30.3 Å². The fourth-order valence-corrected chi connectivity index (χ4v) is 2.46. The average molecular weight is 276 g/mol. The Kier molecular flexibility index (Phi) is 5.26. The van der Waals surface area contributed by atoms with Crippen molar-refractivity contribution in [1.29, 1.82) is 0 Å². The summed E-state index contributed by atoms with van der Waals surface area (Å²) in [5, 5.41) is 0. The normalized spacial score (nSPS) is 22.6. The van der Waals surface area contributed by atoms with Crippen LogP contribution in [0.25, 0.3) is 0 Å². The van der Waals surface area contributed by atoms with Crippen molar-refractivity contribution >= 4 is 12.2 Å². The van der Waals surface area contributed by atoms with Crippen molar-refractivity contribution in [1.82, 2.24) is 10.4 Å². The zero-order valence-electron chi connectivity index (χ0n) is 11.6. The lowest BCUT2D eigenvalue weighted by Crippen LogP contribution is -2.52. The number of benzene rings is 1. The molecule has 1 fully saturated rings. The predicted molar refractivity (Wildman–Crippen MR) is 74.6 cm³/mol. The van der Waals surface area contributed by atoms with E-state index in [1.54, 1.807) is 4.90 Å². The van der Waals surface area contributed by atoms with Gasteiger partial charge in [0.1, 0.15) is 0 Å². The van der Waals surface area contributed by atoms with Crippen LogP contribution in [-0.4, -0.2) is 35.7 Å². The zero-order valence-corrected chi connectivity index (χ0v) is 11.6. The molecular formula is C15H20N2O3. The minimum atomic E-state index is -0.278. The Bertz CT molecular complexity index is 450. The lowest BCUT2D eigenvalue weighted by molar-refractivity contribution is -0.133. The molecule has 2 atom stereocenters. The molecule has 1 aliphatic rings. The van der Waals surface area contributed by atoms with Gasteiger partial charge in [0.2, 0.25) is 6.41 Å². The monoisotopic (exact) mass is 276 g/mol. The molecule has 0 bridgehead atoms. The molecule has 20 heavy (non-hydrogen) atoms. The summed E-state index contributed by atoms with van der Waals surface area (Å²) in [6.45, 7) is 2.51. The number of ketones is 1. The van der Waals surface area contributed by atoms with Crippen LogP contribution >= 0.6 is 0 Å². The van der Waals surface area contributed by atoms with Gasteiger partial charge in [-0.3, -0.25) is 14.4 Å². The van der Waals surface area contributed by atoms with E-state index in [1.807, 2.05) is 30.3 Å². The van der Waals surface area contributed by atoms with Crippen molar-refractivity contribution in [2.75, 3.05) is 6.54 Å². The lowest BCUT2D eigenvalue weighted by atomic mass is 9.97. The minimum absolute atomic E-state index is 0.0424. The number of hydrogen-bond acceptors (Lipinski definition) is 4. The van der Waals surface area contributed by atoms with Gasteiger partial charge in [0.05, 0.1) is 12.6 Å². The van der Waals surface area contributed by atoms with Gasteiger partial charge in [0.25, 0.3) is 0 Å². The molecule has 0 spiro atoms. The van der Waals surface area contributed by atoms with Gasteiger partial charge in [-0.25, -0.2) is 0 Å².